The second-order valence-corrected chi connectivity index (χ2v) is 9.06. The lowest BCUT2D eigenvalue weighted by molar-refractivity contribution is -0.136. The van der Waals surface area contributed by atoms with Crippen LogP contribution in [0.4, 0.5) is 0 Å². The van der Waals surface area contributed by atoms with Crippen molar-refractivity contribution in [3.8, 4) is 0 Å². The van der Waals surface area contributed by atoms with E-state index in [1.807, 2.05) is 17.2 Å². The molecule has 0 spiro atoms. The highest BCUT2D eigenvalue weighted by Gasteiger charge is 2.41. The summed E-state index contributed by atoms with van der Waals surface area (Å²) >= 11 is 1.49. The number of aliphatic imine (C=N–C) groups is 1. The Morgan fingerprint density at radius 3 is 2.57 bits per heavy atom. The summed E-state index contributed by atoms with van der Waals surface area (Å²) in [5.74, 6) is 0.0288. The van der Waals surface area contributed by atoms with Crippen LogP contribution in [-0.4, -0.2) is 35.1 Å². The van der Waals surface area contributed by atoms with Gasteiger partial charge in [0.25, 0.3) is 0 Å². The van der Waals surface area contributed by atoms with Gasteiger partial charge in [-0.05, 0) is 42.2 Å². The first kappa shape index (κ1) is 20.7. The van der Waals surface area contributed by atoms with Crippen molar-refractivity contribution in [2.45, 2.75) is 58.0 Å². The van der Waals surface area contributed by atoms with E-state index in [4.69, 9.17) is 4.74 Å². The minimum atomic E-state index is -0.396. The largest absolute Gasteiger partial charge is 0.466 e. The maximum Gasteiger partial charge on any atom is 0.338 e. The summed E-state index contributed by atoms with van der Waals surface area (Å²) in [5.41, 5.74) is 4.22. The summed E-state index contributed by atoms with van der Waals surface area (Å²) in [6.45, 7) is 6.14. The highest BCUT2D eigenvalue weighted by Crippen LogP contribution is 2.45. The summed E-state index contributed by atoms with van der Waals surface area (Å²) in [6.07, 6.45) is 2.36. The zero-order valence-corrected chi connectivity index (χ0v) is 18.6. The Balaban J connectivity index is 1.70. The van der Waals surface area contributed by atoms with Crippen LogP contribution in [0.1, 0.15) is 63.1 Å². The lowest BCUT2D eigenvalue weighted by Crippen LogP contribution is -2.38. The molecule has 1 saturated carbocycles. The highest BCUT2D eigenvalue weighted by molar-refractivity contribution is 8.16. The Hall–Kier alpha value is -2.54. The number of allylic oxidation sites excluding steroid dienone is 1. The molecule has 3 aliphatic rings. The summed E-state index contributed by atoms with van der Waals surface area (Å²) in [6, 6.07) is 8.26. The molecule has 4 rings (SSSR count). The Morgan fingerprint density at radius 1 is 1.27 bits per heavy atom. The number of nitrogens with one attached hydrogen (secondary N) is 1. The molecule has 2 aliphatic heterocycles. The fourth-order valence-corrected chi connectivity index (χ4v) is 4.75. The number of thioether (sulfide) groups is 1. The van der Waals surface area contributed by atoms with Gasteiger partial charge in [-0.1, -0.05) is 49.9 Å². The predicted octanol–water partition coefficient (Wildman–Crippen LogP) is 4.23. The van der Waals surface area contributed by atoms with Gasteiger partial charge in [-0.3, -0.25) is 4.79 Å². The van der Waals surface area contributed by atoms with Gasteiger partial charge in [0.05, 0.1) is 30.8 Å². The molecule has 1 atom stereocenters. The van der Waals surface area contributed by atoms with Crippen LogP contribution < -0.4 is 5.32 Å². The number of benzene rings is 1. The lowest BCUT2D eigenvalue weighted by Gasteiger charge is -2.36. The smallest absolute Gasteiger partial charge is 0.338 e. The van der Waals surface area contributed by atoms with E-state index in [-0.39, 0.29) is 18.4 Å². The number of amidine groups is 1. The Labute approximate surface area is 181 Å². The number of methoxy groups -OCH3 is 1. The number of amides is 1. The van der Waals surface area contributed by atoms with Gasteiger partial charge in [0.1, 0.15) is 0 Å². The molecule has 6 nitrogen and oxygen atoms in total. The minimum Gasteiger partial charge on any atom is -0.466 e. The SMILES string of the molecule is COC(=O)C1=C(C)N=C2SC=C(CC(=O)NC3CC3)N2[C@@H]1c1ccc(C(C)C)cc1. The molecule has 0 saturated heterocycles. The van der Waals surface area contributed by atoms with Gasteiger partial charge < -0.3 is 15.0 Å². The van der Waals surface area contributed by atoms with E-state index >= 15 is 0 Å². The van der Waals surface area contributed by atoms with Crippen molar-refractivity contribution >= 4 is 28.8 Å². The molecular weight excluding hydrogens is 398 g/mol. The normalized spacial score (nSPS) is 20.7. The zero-order valence-electron chi connectivity index (χ0n) is 17.8. The molecule has 1 amide bonds. The second kappa shape index (κ2) is 8.30. The number of carbonyl (C=O) groups excluding carboxylic acids is 2. The molecular formula is C23H27N3O3S. The van der Waals surface area contributed by atoms with Crippen molar-refractivity contribution in [2.75, 3.05) is 7.11 Å². The molecule has 0 bridgehead atoms. The van der Waals surface area contributed by atoms with Crippen molar-refractivity contribution in [2.24, 2.45) is 4.99 Å². The maximum atomic E-state index is 12.7. The van der Waals surface area contributed by atoms with Crippen LogP contribution >= 0.6 is 11.8 Å². The number of hydrogen-bond donors (Lipinski definition) is 1. The standard InChI is InChI=1S/C23H27N3O3S/c1-13(2)15-5-7-16(8-6-15)21-20(22(28)29-4)14(3)24-23-26(21)18(12-30-23)11-19(27)25-17-9-10-17/h5-8,12-13,17,21H,9-11H2,1-4H3,(H,25,27)/t21-/m1/s1. The topological polar surface area (TPSA) is 71.0 Å². The molecule has 0 aromatic heterocycles. The minimum absolute atomic E-state index is 0.00500. The van der Waals surface area contributed by atoms with E-state index < -0.39 is 5.97 Å². The highest BCUT2D eigenvalue weighted by atomic mass is 32.2. The van der Waals surface area contributed by atoms with Gasteiger partial charge >= 0.3 is 5.97 Å². The van der Waals surface area contributed by atoms with Crippen LogP contribution in [-0.2, 0) is 14.3 Å². The van der Waals surface area contributed by atoms with Gasteiger partial charge in [0, 0.05) is 11.7 Å². The van der Waals surface area contributed by atoms with Crippen LogP contribution in [0.15, 0.2) is 51.6 Å². The summed E-state index contributed by atoms with van der Waals surface area (Å²) < 4.78 is 5.10. The van der Waals surface area contributed by atoms with E-state index in [0.29, 0.717) is 23.2 Å². The number of fused-ring (bicyclic) bond motifs is 1. The first-order valence-corrected chi connectivity index (χ1v) is 11.2. The summed E-state index contributed by atoms with van der Waals surface area (Å²) in [5, 5.41) is 5.80. The van der Waals surface area contributed by atoms with Crippen molar-refractivity contribution in [3.63, 3.8) is 0 Å². The molecule has 1 aromatic carbocycles. The molecule has 0 radical (unpaired) electrons. The second-order valence-electron chi connectivity index (χ2n) is 8.22. The predicted molar refractivity (Wildman–Crippen MR) is 119 cm³/mol. The quantitative estimate of drug-likeness (QED) is 0.691. The van der Waals surface area contributed by atoms with E-state index in [9.17, 15) is 9.59 Å². The van der Waals surface area contributed by atoms with Crippen LogP contribution in [0.3, 0.4) is 0 Å². The number of esters is 1. The molecule has 158 valence electrons. The lowest BCUT2D eigenvalue weighted by atomic mass is 9.92. The number of carbonyl (C=O) groups is 2. The number of hydrogen-bond acceptors (Lipinski definition) is 6. The third kappa shape index (κ3) is 4.03. The molecule has 2 heterocycles. The van der Waals surface area contributed by atoms with E-state index in [1.54, 1.807) is 0 Å². The third-order valence-corrected chi connectivity index (χ3v) is 6.50. The van der Waals surface area contributed by atoms with E-state index in [1.165, 1.54) is 24.4 Å². The van der Waals surface area contributed by atoms with Crippen molar-refractivity contribution < 1.29 is 14.3 Å². The van der Waals surface area contributed by atoms with Gasteiger partial charge in [-0.2, -0.15) is 0 Å². The van der Waals surface area contributed by atoms with E-state index in [2.05, 4.69) is 48.4 Å². The van der Waals surface area contributed by atoms with Crippen molar-refractivity contribution in [3.05, 3.63) is 57.8 Å². The Kier molecular flexibility index (Phi) is 5.73. The molecule has 7 heteroatoms. The molecule has 1 fully saturated rings. The summed E-state index contributed by atoms with van der Waals surface area (Å²) in [4.78, 5) is 31.9. The molecule has 30 heavy (non-hydrogen) atoms. The third-order valence-electron chi connectivity index (χ3n) is 5.61. The average Bonchev–Trinajstić information content (AvgIpc) is 3.45. The Bertz CT molecular complexity index is 958. The van der Waals surface area contributed by atoms with Crippen molar-refractivity contribution in [1.82, 2.24) is 10.2 Å². The Morgan fingerprint density at radius 2 is 1.97 bits per heavy atom. The number of rotatable bonds is 6. The van der Waals surface area contributed by atoms with Crippen LogP contribution in [0, 0.1) is 0 Å². The molecule has 1 aliphatic carbocycles. The number of ether oxygens (including phenoxy) is 1. The summed E-state index contributed by atoms with van der Waals surface area (Å²) in [7, 11) is 1.39. The van der Waals surface area contributed by atoms with Gasteiger partial charge in [0.2, 0.25) is 5.91 Å². The first-order chi connectivity index (χ1) is 14.4. The fraction of sp³-hybridized carbons (Fsp3) is 0.435. The molecule has 1 aromatic rings. The van der Waals surface area contributed by atoms with E-state index in [0.717, 1.165) is 29.3 Å². The first-order valence-electron chi connectivity index (χ1n) is 10.3. The average molecular weight is 426 g/mol. The van der Waals surface area contributed by atoms with Crippen LogP contribution in [0.5, 0.6) is 0 Å². The fourth-order valence-electron chi connectivity index (χ4n) is 3.79. The van der Waals surface area contributed by atoms with Crippen LogP contribution in [0.25, 0.3) is 0 Å². The van der Waals surface area contributed by atoms with Gasteiger partial charge in [0.15, 0.2) is 5.17 Å². The van der Waals surface area contributed by atoms with Gasteiger partial charge in [-0.25, -0.2) is 9.79 Å². The molecule has 1 N–H and O–H groups in total. The monoisotopic (exact) mass is 425 g/mol. The van der Waals surface area contributed by atoms with Gasteiger partial charge in [-0.15, -0.1) is 0 Å². The van der Waals surface area contributed by atoms with Crippen molar-refractivity contribution in [1.29, 1.82) is 0 Å². The van der Waals surface area contributed by atoms with Crippen LogP contribution in [0.2, 0.25) is 0 Å². The molecule has 0 unspecified atom stereocenters. The number of nitrogens with zero attached hydrogens (tertiary/aromatic N) is 2. The maximum absolute atomic E-state index is 12.7. The zero-order chi connectivity index (χ0) is 21.4.